The minimum absolute atomic E-state index is 0.130. The van der Waals surface area contributed by atoms with E-state index >= 15 is 0 Å². The Bertz CT molecular complexity index is 1070. The molecule has 5 heteroatoms. The van der Waals surface area contributed by atoms with Crippen LogP contribution in [0, 0.1) is 0 Å². The third-order valence-corrected chi connectivity index (χ3v) is 5.55. The Labute approximate surface area is 169 Å². The predicted octanol–water partition coefficient (Wildman–Crippen LogP) is 4.50. The van der Waals surface area contributed by atoms with Crippen LogP contribution in [0.4, 0.5) is 0 Å². The molecular formula is C24H24N2O3. The maximum absolute atomic E-state index is 12.6. The van der Waals surface area contributed by atoms with Crippen LogP contribution >= 0.6 is 0 Å². The summed E-state index contributed by atoms with van der Waals surface area (Å²) in [5.74, 6) is -0.831. The van der Waals surface area contributed by atoms with Gasteiger partial charge < -0.3 is 15.0 Å². The summed E-state index contributed by atoms with van der Waals surface area (Å²) in [6, 6.07) is 17.9. The number of carbonyl (C=O) groups excluding carboxylic acids is 1. The maximum atomic E-state index is 12.6. The highest BCUT2D eigenvalue weighted by molar-refractivity contribution is 5.97. The molecule has 2 N–H and O–H groups in total. The summed E-state index contributed by atoms with van der Waals surface area (Å²) in [7, 11) is 0. The van der Waals surface area contributed by atoms with Crippen LogP contribution in [0.25, 0.3) is 16.5 Å². The quantitative estimate of drug-likeness (QED) is 0.653. The fourth-order valence-corrected chi connectivity index (χ4v) is 4.03. The van der Waals surface area contributed by atoms with Gasteiger partial charge in [-0.15, -0.1) is 0 Å². The molecule has 29 heavy (non-hydrogen) atoms. The normalized spacial score (nSPS) is 14.1. The third kappa shape index (κ3) is 4.09. The summed E-state index contributed by atoms with van der Waals surface area (Å²) in [5.41, 5.74) is 4.35. The van der Waals surface area contributed by atoms with E-state index in [0.29, 0.717) is 25.8 Å². The lowest BCUT2D eigenvalue weighted by Crippen LogP contribution is -2.34. The van der Waals surface area contributed by atoms with E-state index in [1.54, 1.807) is 0 Å². The van der Waals surface area contributed by atoms with Crippen molar-refractivity contribution >= 4 is 28.4 Å². The van der Waals surface area contributed by atoms with Gasteiger partial charge in [0, 0.05) is 30.4 Å². The lowest BCUT2D eigenvalue weighted by Gasteiger charge is -2.26. The number of fused-ring (bicyclic) bond motifs is 1. The van der Waals surface area contributed by atoms with E-state index in [1.165, 1.54) is 11.1 Å². The largest absolute Gasteiger partial charge is 0.477 e. The summed E-state index contributed by atoms with van der Waals surface area (Å²) >= 11 is 0. The first kappa shape index (κ1) is 19.0. The molecule has 1 aromatic heterocycles. The van der Waals surface area contributed by atoms with Gasteiger partial charge in [-0.2, -0.15) is 0 Å². The van der Waals surface area contributed by atoms with Crippen LogP contribution in [0.2, 0.25) is 0 Å². The van der Waals surface area contributed by atoms with Gasteiger partial charge in [-0.25, -0.2) is 4.79 Å². The number of hydrogen-bond acceptors (Lipinski definition) is 2. The first-order chi connectivity index (χ1) is 14.1. The Morgan fingerprint density at radius 3 is 2.52 bits per heavy atom. The molecule has 1 aliphatic rings. The van der Waals surface area contributed by atoms with Crippen molar-refractivity contribution in [2.75, 3.05) is 13.1 Å². The average Bonchev–Trinajstić information content (AvgIpc) is 3.13. The molecule has 0 saturated carbocycles. The average molecular weight is 388 g/mol. The van der Waals surface area contributed by atoms with Crippen LogP contribution < -0.4 is 0 Å². The monoisotopic (exact) mass is 388 g/mol. The second kappa shape index (κ2) is 8.35. The highest BCUT2D eigenvalue weighted by Gasteiger charge is 2.20. The van der Waals surface area contributed by atoms with Gasteiger partial charge in [0.25, 0.3) is 0 Å². The van der Waals surface area contributed by atoms with Gasteiger partial charge in [-0.3, -0.25) is 4.79 Å². The number of carboxylic acid groups (broad SMARTS) is 1. The van der Waals surface area contributed by atoms with Gasteiger partial charge >= 0.3 is 5.97 Å². The number of carbonyl (C=O) groups is 2. The fraction of sp³-hybridized carbons (Fsp3) is 0.250. The molecule has 0 unspecified atom stereocenters. The van der Waals surface area contributed by atoms with E-state index in [4.69, 9.17) is 0 Å². The molecule has 2 heterocycles. The molecule has 0 fully saturated rings. The second-order valence-corrected chi connectivity index (χ2v) is 7.37. The minimum Gasteiger partial charge on any atom is -0.477 e. The van der Waals surface area contributed by atoms with Crippen LogP contribution in [-0.4, -0.2) is 40.0 Å². The van der Waals surface area contributed by atoms with Crippen molar-refractivity contribution in [1.29, 1.82) is 0 Å². The minimum atomic E-state index is -0.961. The Morgan fingerprint density at radius 1 is 1.03 bits per heavy atom. The Balaban J connectivity index is 1.37. The zero-order chi connectivity index (χ0) is 20.2. The van der Waals surface area contributed by atoms with Gasteiger partial charge in [-0.1, -0.05) is 54.6 Å². The SMILES string of the molecule is O=C(O)c1[nH]c2ccccc2c1CCCC(=O)N1CC=C(c2ccccc2)CC1. The van der Waals surface area contributed by atoms with Gasteiger partial charge in [0.05, 0.1) is 0 Å². The number of H-pyrrole nitrogens is 1. The van der Waals surface area contributed by atoms with Gasteiger partial charge in [0.1, 0.15) is 5.69 Å². The summed E-state index contributed by atoms with van der Waals surface area (Å²) in [6.07, 6.45) is 4.62. The second-order valence-electron chi connectivity index (χ2n) is 7.37. The van der Waals surface area contributed by atoms with Crippen molar-refractivity contribution in [2.45, 2.75) is 25.7 Å². The number of hydrogen-bond donors (Lipinski definition) is 2. The van der Waals surface area contributed by atoms with Crippen molar-refractivity contribution < 1.29 is 14.7 Å². The molecule has 0 radical (unpaired) electrons. The third-order valence-electron chi connectivity index (χ3n) is 5.55. The number of aryl methyl sites for hydroxylation is 1. The number of para-hydroxylation sites is 1. The van der Waals surface area contributed by atoms with Crippen LogP contribution in [-0.2, 0) is 11.2 Å². The van der Waals surface area contributed by atoms with Crippen molar-refractivity contribution in [2.24, 2.45) is 0 Å². The fourth-order valence-electron chi connectivity index (χ4n) is 4.03. The predicted molar refractivity (Wildman–Crippen MR) is 114 cm³/mol. The lowest BCUT2D eigenvalue weighted by atomic mass is 9.99. The van der Waals surface area contributed by atoms with Gasteiger partial charge in [0.2, 0.25) is 5.91 Å². The molecule has 1 aliphatic heterocycles. The molecule has 5 nitrogen and oxygen atoms in total. The highest BCUT2D eigenvalue weighted by Crippen LogP contribution is 2.25. The number of aromatic carboxylic acids is 1. The molecule has 0 spiro atoms. The summed E-state index contributed by atoms with van der Waals surface area (Å²) in [4.78, 5) is 29.1. The zero-order valence-electron chi connectivity index (χ0n) is 16.2. The summed E-state index contributed by atoms with van der Waals surface area (Å²) in [6.45, 7) is 1.36. The molecule has 0 aliphatic carbocycles. The van der Waals surface area contributed by atoms with E-state index in [-0.39, 0.29) is 11.6 Å². The van der Waals surface area contributed by atoms with E-state index in [0.717, 1.165) is 29.4 Å². The van der Waals surface area contributed by atoms with Crippen molar-refractivity contribution in [3.8, 4) is 0 Å². The number of amides is 1. The topological polar surface area (TPSA) is 73.4 Å². The standard InChI is InChI=1S/C24H24N2O3/c27-22(26-15-13-18(14-16-26)17-7-2-1-3-8-17)12-6-10-20-19-9-4-5-11-21(19)25-23(20)24(28)29/h1-5,7-9,11,13,25H,6,10,12,14-16H2,(H,28,29). The van der Waals surface area contributed by atoms with Crippen LogP contribution in [0.3, 0.4) is 0 Å². The van der Waals surface area contributed by atoms with Gasteiger partial charge in [-0.05, 0) is 42.0 Å². The Kier molecular flexibility index (Phi) is 5.47. The number of carboxylic acids is 1. The Hall–Kier alpha value is -3.34. The van der Waals surface area contributed by atoms with Crippen LogP contribution in [0.15, 0.2) is 60.7 Å². The van der Waals surface area contributed by atoms with Crippen LogP contribution in [0.5, 0.6) is 0 Å². The number of nitrogens with one attached hydrogen (secondary N) is 1. The smallest absolute Gasteiger partial charge is 0.352 e. The van der Waals surface area contributed by atoms with Crippen molar-refractivity contribution in [3.63, 3.8) is 0 Å². The maximum Gasteiger partial charge on any atom is 0.352 e. The molecule has 148 valence electrons. The lowest BCUT2D eigenvalue weighted by molar-refractivity contribution is -0.130. The molecule has 4 rings (SSSR count). The highest BCUT2D eigenvalue weighted by atomic mass is 16.4. The van der Waals surface area contributed by atoms with E-state index in [2.05, 4.69) is 23.2 Å². The summed E-state index contributed by atoms with van der Waals surface area (Å²) < 4.78 is 0. The zero-order valence-corrected chi connectivity index (χ0v) is 16.2. The number of nitrogens with zero attached hydrogens (tertiary/aromatic N) is 1. The number of aromatic amines is 1. The first-order valence-electron chi connectivity index (χ1n) is 9.98. The van der Waals surface area contributed by atoms with Crippen molar-refractivity contribution in [3.05, 3.63) is 77.5 Å². The van der Waals surface area contributed by atoms with Crippen molar-refractivity contribution in [1.82, 2.24) is 9.88 Å². The van der Waals surface area contributed by atoms with Crippen LogP contribution in [0.1, 0.15) is 40.9 Å². The number of benzene rings is 2. The summed E-state index contributed by atoms with van der Waals surface area (Å²) in [5, 5.41) is 10.4. The molecule has 0 bridgehead atoms. The number of rotatable bonds is 6. The number of aromatic nitrogens is 1. The Morgan fingerprint density at radius 2 is 1.79 bits per heavy atom. The molecule has 3 aromatic rings. The molecule has 1 amide bonds. The molecule has 0 atom stereocenters. The first-order valence-corrected chi connectivity index (χ1v) is 9.98. The molecular weight excluding hydrogens is 364 g/mol. The van der Waals surface area contributed by atoms with E-state index in [1.807, 2.05) is 47.4 Å². The molecule has 2 aromatic carbocycles. The molecule has 0 saturated heterocycles. The van der Waals surface area contributed by atoms with Gasteiger partial charge in [0.15, 0.2) is 0 Å². The van der Waals surface area contributed by atoms with E-state index < -0.39 is 5.97 Å². The van der Waals surface area contributed by atoms with E-state index in [9.17, 15) is 14.7 Å².